The highest BCUT2D eigenvalue weighted by molar-refractivity contribution is 7.17. The SMILES string of the molecule is Cc1cc2sccc2c(O)c1CCl. The van der Waals surface area contributed by atoms with Crippen LogP contribution in [0.15, 0.2) is 17.5 Å². The third kappa shape index (κ3) is 1.30. The molecule has 0 aliphatic heterocycles. The van der Waals surface area contributed by atoms with Crippen molar-refractivity contribution < 1.29 is 5.11 Å². The number of fused-ring (bicyclic) bond motifs is 1. The van der Waals surface area contributed by atoms with Crippen LogP contribution in [0.1, 0.15) is 11.1 Å². The van der Waals surface area contributed by atoms with Gasteiger partial charge in [-0.25, -0.2) is 0 Å². The van der Waals surface area contributed by atoms with E-state index >= 15 is 0 Å². The van der Waals surface area contributed by atoms with Gasteiger partial charge >= 0.3 is 0 Å². The summed E-state index contributed by atoms with van der Waals surface area (Å²) in [6.45, 7) is 1.97. The van der Waals surface area contributed by atoms with Crippen molar-refractivity contribution in [2.75, 3.05) is 0 Å². The maximum atomic E-state index is 9.84. The molecule has 2 aromatic rings. The van der Waals surface area contributed by atoms with Gasteiger partial charge in [-0.3, -0.25) is 0 Å². The second-order valence-electron chi connectivity index (χ2n) is 2.99. The van der Waals surface area contributed by atoms with E-state index in [1.165, 1.54) is 0 Å². The predicted octanol–water partition coefficient (Wildman–Crippen LogP) is 3.65. The van der Waals surface area contributed by atoms with Crippen molar-refractivity contribution in [2.24, 2.45) is 0 Å². The number of halogens is 1. The molecule has 1 aromatic heterocycles. The van der Waals surface area contributed by atoms with Gasteiger partial charge in [0.2, 0.25) is 0 Å². The third-order valence-corrected chi connectivity index (χ3v) is 3.32. The number of hydrogen-bond acceptors (Lipinski definition) is 2. The summed E-state index contributed by atoms with van der Waals surface area (Å²) in [4.78, 5) is 0. The van der Waals surface area contributed by atoms with E-state index in [2.05, 4.69) is 6.07 Å². The fourth-order valence-electron chi connectivity index (χ4n) is 1.43. The number of thiophene rings is 1. The van der Waals surface area contributed by atoms with E-state index in [1.54, 1.807) is 11.3 Å². The number of aryl methyl sites for hydroxylation is 1. The third-order valence-electron chi connectivity index (χ3n) is 2.19. The van der Waals surface area contributed by atoms with Gasteiger partial charge in [0.05, 0.1) is 5.88 Å². The Morgan fingerprint density at radius 1 is 1.54 bits per heavy atom. The van der Waals surface area contributed by atoms with Crippen LogP contribution in [0.5, 0.6) is 5.75 Å². The van der Waals surface area contributed by atoms with Gasteiger partial charge in [0.25, 0.3) is 0 Å². The topological polar surface area (TPSA) is 20.2 Å². The van der Waals surface area contributed by atoms with Crippen LogP contribution in [0.25, 0.3) is 10.1 Å². The molecule has 1 aromatic carbocycles. The fraction of sp³-hybridized carbons (Fsp3) is 0.200. The summed E-state index contributed by atoms with van der Waals surface area (Å²) < 4.78 is 1.11. The summed E-state index contributed by atoms with van der Waals surface area (Å²) in [7, 11) is 0. The van der Waals surface area contributed by atoms with E-state index < -0.39 is 0 Å². The molecule has 0 unspecified atom stereocenters. The minimum absolute atomic E-state index is 0.339. The van der Waals surface area contributed by atoms with Crippen LogP contribution < -0.4 is 0 Å². The van der Waals surface area contributed by atoms with Gasteiger partial charge in [0.15, 0.2) is 0 Å². The number of aromatic hydroxyl groups is 1. The molecule has 1 heterocycles. The molecule has 0 saturated heterocycles. The zero-order valence-electron chi connectivity index (χ0n) is 7.17. The molecule has 0 saturated carbocycles. The average molecular weight is 213 g/mol. The maximum Gasteiger partial charge on any atom is 0.128 e. The van der Waals surface area contributed by atoms with Crippen LogP contribution in [0.3, 0.4) is 0 Å². The minimum atomic E-state index is 0.339. The summed E-state index contributed by atoms with van der Waals surface area (Å²) in [6.07, 6.45) is 0. The molecule has 3 heteroatoms. The summed E-state index contributed by atoms with van der Waals surface area (Å²) in [5.41, 5.74) is 1.90. The largest absolute Gasteiger partial charge is 0.507 e. The zero-order valence-corrected chi connectivity index (χ0v) is 8.75. The molecule has 13 heavy (non-hydrogen) atoms. The van der Waals surface area contributed by atoms with E-state index in [9.17, 15) is 5.11 Å². The maximum absolute atomic E-state index is 9.84. The average Bonchev–Trinajstić information content (AvgIpc) is 2.53. The zero-order chi connectivity index (χ0) is 9.42. The molecule has 0 spiro atoms. The minimum Gasteiger partial charge on any atom is -0.507 e. The van der Waals surface area contributed by atoms with Crippen molar-refractivity contribution in [1.82, 2.24) is 0 Å². The monoisotopic (exact) mass is 212 g/mol. The molecule has 1 nitrogen and oxygen atoms in total. The Labute approximate surface area is 85.6 Å². The van der Waals surface area contributed by atoms with E-state index in [-0.39, 0.29) is 0 Å². The normalized spacial score (nSPS) is 10.9. The van der Waals surface area contributed by atoms with Crippen molar-refractivity contribution in [3.8, 4) is 5.75 Å². The number of hydrogen-bond donors (Lipinski definition) is 1. The van der Waals surface area contributed by atoms with Crippen molar-refractivity contribution in [3.63, 3.8) is 0 Å². The highest BCUT2D eigenvalue weighted by Crippen LogP contribution is 2.35. The number of phenolic OH excluding ortho intramolecular Hbond substituents is 1. The molecule has 68 valence electrons. The van der Waals surface area contributed by atoms with Crippen molar-refractivity contribution in [2.45, 2.75) is 12.8 Å². The van der Waals surface area contributed by atoms with Gasteiger partial charge in [-0.2, -0.15) is 0 Å². The van der Waals surface area contributed by atoms with E-state index in [1.807, 2.05) is 18.4 Å². The lowest BCUT2D eigenvalue weighted by Crippen LogP contribution is -1.85. The second-order valence-corrected chi connectivity index (χ2v) is 4.20. The van der Waals surface area contributed by atoms with Crippen LogP contribution >= 0.6 is 22.9 Å². The van der Waals surface area contributed by atoms with Crippen LogP contribution in [-0.2, 0) is 5.88 Å². The molecule has 0 radical (unpaired) electrons. The molecule has 0 fully saturated rings. The second kappa shape index (κ2) is 3.20. The number of rotatable bonds is 1. The number of alkyl halides is 1. The lowest BCUT2D eigenvalue weighted by molar-refractivity contribution is 0.476. The molecule has 0 amide bonds. The highest BCUT2D eigenvalue weighted by atomic mass is 35.5. The lowest BCUT2D eigenvalue weighted by Gasteiger charge is -2.05. The van der Waals surface area contributed by atoms with Gasteiger partial charge < -0.3 is 5.11 Å². The quantitative estimate of drug-likeness (QED) is 0.716. The molecule has 1 N–H and O–H groups in total. The van der Waals surface area contributed by atoms with Crippen LogP contribution in [0.4, 0.5) is 0 Å². The Bertz CT molecular complexity index is 447. The van der Waals surface area contributed by atoms with Gasteiger partial charge in [-0.15, -0.1) is 22.9 Å². The Balaban J connectivity index is 2.85. The van der Waals surface area contributed by atoms with E-state index in [4.69, 9.17) is 11.6 Å². The molecule has 0 aliphatic carbocycles. The summed E-state index contributed by atoms with van der Waals surface area (Å²) in [5.74, 6) is 0.704. The van der Waals surface area contributed by atoms with Crippen LogP contribution in [0.2, 0.25) is 0 Å². The Morgan fingerprint density at radius 3 is 3.00 bits per heavy atom. The fourth-order valence-corrected chi connectivity index (χ4v) is 2.65. The Kier molecular flexibility index (Phi) is 2.18. The first-order valence-corrected chi connectivity index (χ1v) is 5.40. The molecular weight excluding hydrogens is 204 g/mol. The van der Waals surface area contributed by atoms with Gasteiger partial charge in [-0.1, -0.05) is 0 Å². The molecular formula is C10H9ClOS. The summed E-state index contributed by atoms with van der Waals surface area (Å²) in [6, 6.07) is 3.99. The Morgan fingerprint density at radius 2 is 2.31 bits per heavy atom. The van der Waals surface area contributed by atoms with E-state index in [0.717, 1.165) is 21.2 Å². The van der Waals surface area contributed by atoms with Crippen LogP contribution in [0, 0.1) is 6.92 Å². The molecule has 0 bridgehead atoms. The van der Waals surface area contributed by atoms with Crippen molar-refractivity contribution in [3.05, 3.63) is 28.6 Å². The van der Waals surface area contributed by atoms with Gasteiger partial charge in [0.1, 0.15) is 5.75 Å². The first kappa shape index (κ1) is 8.85. The molecule has 2 rings (SSSR count). The summed E-state index contributed by atoms with van der Waals surface area (Å²) in [5, 5.41) is 12.7. The van der Waals surface area contributed by atoms with Gasteiger partial charge in [-0.05, 0) is 30.0 Å². The molecule has 0 aliphatic rings. The highest BCUT2D eigenvalue weighted by Gasteiger charge is 2.09. The standard InChI is InChI=1S/C10H9ClOS/c1-6-4-9-7(2-3-13-9)10(12)8(6)5-11/h2-4,12H,5H2,1H3. The first-order chi connectivity index (χ1) is 6.24. The van der Waals surface area contributed by atoms with Gasteiger partial charge in [0, 0.05) is 15.6 Å². The van der Waals surface area contributed by atoms with Crippen LogP contribution in [-0.4, -0.2) is 5.11 Å². The number of benzene rings is 1. The smallest absolute Gasteiger partial charge is 0.128 e. The van der Waals surface area contributed by atoms with E-state index in [0.29, 0.717) is 11.6 Å². The van der Waals surface area contributed by atoms with Crippen molar-refractivity contribution >= 4 is 33.0 Å². The molecule has 0 atom stereocenters. The Hall–Kier alpha value is -0.730. The first-order valence-electron chi connectivity index (χ1n) is 3.98. The lowest BCUT2D eigenvalue weighted by atomic mass is 10.1. The number of phenols is 1. The van der Waals surface area contributed by atoms with Crippen molar-refractivity contribution in [1.29, 1.82) is 0 Å². The summed E-state index contributed by atoms with van der Waals surface area (Å²) >= 11 is 7.38. The predicted molar refractivity (Wildman–Crippen MR) is 57.8 cm³/mol.